The number of carbonyl (C=O) groups is 1. The third-order valence-electron chi connectivity index (χ3n) is 9.04. The van der Waals surface area contributed by atoms with Crippen molar-refractivity contribution in [3.63, 3.8) is 0 Å². The van der Waals surface area contributed by atoms with Crippen LogP contribution < -0.4 is 9.47 Å². The molecule has 3 aliphatic rings. The maximum atomic E-state index is 13.1. The number of amides is 2. The van der Waals surface area contributed by atoms with Crippen LogP contribution in [0.2, 0.25) is 0 Å². The molecule has 44 heavy (non-hydrogen) atoms. The van der Waals surface area contributed by atoms with E-state index in [2.05, 4.69) is 70.5 Å². The molecule has 9 nitrogen and oxygen atoms in total. The Balaban J connectivity index is 1.38. The molecule has 1 aromatic heterocycles. The Kier molecular flexibility index (Phi) is 9.05. The fourth-order valence-corrected chi connectivity index (χ4v) is 6.88. The second-order valence-corrected chi connectivity index (χ2v) is 12.9. The van der Waals surface area contributed by atoms with E-state index < -0.39 is 0 Å². The lowest BCUT2D eigenvalue weighted by molar-refractivity contribution is -0.0271. The van der Waals surface area contributed by atoms with Crippen LogP contribution in [-0.2, 0) is 6.54 Å². The molecule has 1 saturated carbocycles. The molecule has 0 unspecified atom stereocenters. The lowest BCUT2D eigenvalue weighted by Gasteiger charge is -2.53. The number of nitrogens with zero attached hydrogens (tertiary/aromatic N) is 6. The molecule has 1 aliphatic carbocycles. The molecule has 2 saturated heterocycles. The summed E-state index contributed by atoms with van der Waals surface area (Å²) >= 11 is 0. The third-order valence-corrected chi connectivity index (χ3v) is 9.04. The molecule has 3 heterocycles. The van der Waals surface area contributed by atoms with Crippen LogP contribution in [0.1, 0.15) is 61.0 Å². The van der Waals surface area contributed by atoms with E-state index in [1.807, 2.05) is 32.8 Å². The van der Waals surface area contributed by atoms with Gasteiger partial charge in [0, 0.05) is 77.3 Å². The summed E-state index contributed by atoms with van der Waals surface area (Å²) in [6, 6.07) is 22.1. The molecule has 0 bridgehead atoms. The van der Waals surface area contributed by atoms with Gasteiger partial charge in [-0.3, -0.25) is 9.80 Å². The zero-order valence-corrected chi connectivity index (χ0v) is 26.7. The predicted octanol–water partition coefficient (Wildman–Crippen LogP) is 4.83. The summed E-state index contributed by atoms with van der Waals surface area (Å²) in [4.78, 5) is 31.7. The molecular weight excluding hydrogens is 552 g/mol. The lowest BCUT2D eigenvalue weighted by Crippen LogP contribution is -2.67. The number of ether oxygens (including phenoxy) is 2. The Morgan fingerprint density at radius 1 is 0.909 bits per heavy atom. The smallest absolute Gasteiger partial charge is 0.319 e. The molecule has 0 N–H and O–H groups in total. The van der Waals surface area contributed by atoms with Crippen LogP contribution in [0.15, 0.2) is 60.7 Å². The van der Waals surface area contributed by atoms with Crippen LogP contribution in [0, 0.1) is 0 Å². The summed E-state index contributed by atoms with van der Waals surface area (Å²) in [5.74, 6) is 2.61. The van der Waals surface area contributed by atoms with Crippen molar-refractivity contribution in [3.8, 4) is 11.8 Å². The molecule has 2 amide bonds. The second-order valence-electron chi connectivity index (χ2n) is 12.9. The number of rotatable bonds is 9. The van der Waals surface area contributed by atoms with Crippen molar-refractivity contribution >= 4 is 6.03 Å². The minimum Gasteiger partial charge on any atom is -0.481 e. The van der Waals surface area contributed by atoms with E-state index in [-0.39, 0.29) is 30.1 Å². The van der Waals surface area contributed by atoms with Gasteiger partial charge < -0.3 is 19.3 Å². The molecule has 2 aliphatic heterocycles. The van der Waals surface area contributed by atoms with Gasteiger partial charge in [0.25, 0.3) is 0 Å². The average molecular weight is 599 g/mol. The first kappa shape index (κ1) is 30.3. The van der Waals surface area contributed by atoms with E-state index in [4.69, 9.17) is 19.4 Å². The van der Waals surface area contributed by atoms with Gasteiger partial charge in [0.15, 0.2) is 0 Å². The van der Waals surface area contributed by atoms with E-state index in [0.29, 0.717) is 30.8 Å². The van der Waals surface area contributed by atoms with Crippen LogP contribution in [-0.4, -0.2) is 108 Å². The number of hydrogen-bond acceptors (Lipinski definition) is 7. The van der Waals surface area contributed by atoms with Crippen molar-refractivity contribution in [3.05, 3.63) is 83.2 Å². The highest BCUT2D eigenvalue weighted by Crippen LogP contribution is 2.42. The molecule has 234 valence electrons. The van der Waals surface area contributed by atoms with Crippen molar-refractivity contribution < 1.29 is 14.3 Å². The summed E-state index contributed by atoms with van der Waals surface area (Å²) < 4.78 is 12.2. The van der Waals surface area contributed by atoms with Gasteiger partial charge in [0.05, 0.1) is 18.8 Å². The van der Waals surface area contributed by atoms with E-state index in [1.54, 1.807) is 12.0 Å². The highest BCUT2D eigenvalue weighted by Gasteiger charge is 2.43. The summed E-state index contributed by atoms with van der Waals surface area (Å²) in [6.45, 7) is 8.58. The van der Waals surface area contributed by atoms with E-state index in [9.17, 15) is 4.79 Å². The number of hydrogen-bond donors (Lipinski definition) is 0. The first-order valence-electron chi connectivity index (χ1n) is 16.0. The van der Waals surface area contributed by atoms with Gasteiger partial charge in [-0.2, -0.15) is 9.97 Å². The quantitative estimate of drug-likeness (QED) is 0.349. The average Bonchev–Trinajstić information content (AvgIpc) is 3.88. The van der Waals surface area contributed by atoms with Gasteiger partial charge in [-0.25, -0.2) is 4.79 Å². The first-order valence-corrected chi connectivity index (χ1v) is 16.0. The van der Waals surface area contributed by atoms with Crippen LogP contribution in [0.3, 0.4) is 0 Å². The van der Waals surface area contributed by atoms with Crippen molar-refractivity contribution in [1.29, 1.82) is 0 Å². The molecule has 3 fully saturated rings. The number of benzene rings is 2. The second kappa shape index (κ2) is 13.1. The maximum Gasteiger partial charge on any atom is 0.319 e. The Bertz CT molecular complexity index is 1380. The minimum absolute atomic E-state index is 0.0190. The summed E-state index contributed by atoms with van der Waals surface area (Å²) in [6.07, 6.45) is 2.20. The first-order chi connectivity index (χ1) is 21.3. The molecular formula is C35H46N6O3. The highest BCUT2D eigenvalue weighted by atomic mass is 16.5. The fourth-order valence-electron chi connectivity index (χ4n) is 6.88. The van der Waals surface area contributed by atoms with Gasteiger partial charge in [0.1, 0.15) is 5.82 Å². The van der Waals surface area contributed by atoms with Gasteiger partial charge >= 0.3 is 6.03 Å². The monoisotopic (exact) mass is 598 g/mol. The Morgan fingerprint density at radius 3 is 2.11 bits per heavy atom. The van der Waals surface area contributed by atoms with Crippen LogP contribution >= 0.6 is 0 Å². The zero-order valence-electron chi connectivity index (χ0n) is 26.7. The summed E-state index contributed by atoms with van der Waals surface area (Å²) in [5, 5.41) is 0. The third kappa shape index (κ3) is 6.54. The lowest BCUT2D eigenvalue weighted by atomic mass is 9.81. The summed E-state index contributed by atoms with van der Waals surface area (Å²) in [7, 11) is 5.35. The van der Waals surface area contributed by atoms with E-state index in [0.717, 1.165) is 50.4 Å². The molecule has 0 radical (unpaired) electrons. The van der Waals surface area contributed by atoms with Gasteiger partial charge in [-0.1, -0.05) is 60.7 Å². The molecule has 9 heteroatoms. The number of aromatic nitrogens is 2. The SMILES string of the molecule is COc1nc(C2CC2)nc(OC(C)C)c1CN1C[C@@H]2CN(C(=O)N(C)C)CCN2[C@H](C(c2ccccc2)c2ccccc2)C1. The van der Waals surface area contributed by atoms with Crippen molar-refractivity contribution in [2.24, 2.45) is 0 Å². The van der Waals surface area contributed by atoms with Gasteiger partial charge in [0.2, 0.25) is 11.8 Å². The van der Waals surface area contributed by atoms with Crippen molar-refractivity contribution in [2.75, 3.05) is 53.9 Å². The largest absolute Gasteiger partial charge is 0.481 e. The van der Waals surface area contributed by atoms with E-state index in [1.165, 1.54) is 11.1 Å². The van der Waals surface area contributed by atoms with Crippen molar-refractivity contribution in [1.82, 2.24) is 29.6 Å². The molecule has 2 aromatic carbocycles. The predicted molar refractivity (Wildman–Crippen MR) is 171 cm³/mol. The topological polar surface area (TPSA) is 74.3 Å². The maximum absolute atomic E-state index is 13.1. The minimum atomic E-state index is -0.0190. The van der Waals surface area contributed by atoms with Crippen LogP contribution in [0.5, 0.6) is 11.8 Å². The van der Waals surface area contributed by atoms with E-state index >= 15 is 0 Å². The summed E-state index contributed by atoms with van der Waals surface area (Å²) in [5.41, 5.74) is 3.50. The number of carbonyl (C=O) groups excluding carboxylic acids is 1. The standard InChI is InChI=1S/C35H46N6O3/c1-24(2)44-34-29(33(43-5)36-32(37-34)27-16-17-27)22-39-20-28-21-40(35(42)38(3)4)18-19-41(28)30(23-39)31(25-12-8-6-9-13-25)26-14-10-7-11-15-26/h6-15,24,27-28,30-31H,16-23H2,1-5H3/t28-,30+/m1/s1. The molecule has 3 aromatic rings. The Morgan fingerprint density at radius 2 is 1.55 bits per heavy atom. The fraction of sp³-hybridized carbons (Fsp3) is 0.514. The number of methoxy groups -OCH3 is 1. The van der Waals surface area contributed by atoms with Crippen LogP contribution in [0.25, 0.3) is 0 Å². The molecule has 2 atom stereocenters. The highest BCUT2D eigenvalue weighted by molar-refractivity contribution is 5.74. The number of urea groups is 1. The molecule has 0 spiro atoms. The number of fused-ring (bicyclic) bond motifs is 1. The van der Waals surface area contributed by atoms with Gasteiger partial charge in [-0.15, -0.1) is 0 Å². The van der Waals surface area contributed by atoms with Gasteiger partial charge in [-0.05, 0) is 37.8 Å². The number of piperazine rings is 2. The van der Waals surface area contributed by atoms with Crippen LogP contribution in [0.4, 0.5) is 4.79 Å². The van der Waals surface area contributed by atoms with Crippen molar-refractivity contribution in [2.45, 2.75) is 63.3 Å². The zero-order chi connectivity index (χ0) is 30.8. The Labute approximate surface area is 261 Å². The normalized spacial score (nSPS) is 20.9. The molecule has 6 rings (SSSR count). The Hall–Kier alpha value is -3.69.